The fourth-order valence-corrected chi connectivity index (χ4v) is 1.94. The summed E-state index contributed by atoms with van der Waals surface area (Å²) >= 11 is 0. The Kier molecular flexibility index (Phi) is 5.92. The Morgan fingerprint density at radius 3 is 2.41 bits per heavy atom. The molecule has 17 heavy (non-hydrogen) atoms. The quantitative estimate of drug-likeness (QED) is 0.596. The van der Waals surface area contributed by atoms with Crippen molar-refractivity contribution < 1.29 is 9.90 Å². The minimum Gasteiger partial charge on any atom is -0.392 e. The molecule has 4 nitrogen and oxygen atoms in total. The molecular weight excluding hydrogens is 216 g/mol. The van der Waals surface area contributed by atoms with Gasteiger partial charge >= 0.3 is 0 Å². The lowest BCUT2D eigenvalue weighted by Crippen LogP contribution is -2.46. The fourth-order valence-electron chi connectivity index (χ4n) is 1.94. The van der Waals surface area contributed by atoms with E-state index in [1.807, 2.05) is 6.92 Å². The van der Waals surface area contributed by atoms with Gasteiger partial charge in [0.2, 0.25) is 5.91 Å². The number of aliphatic hydroxyl groups is 1. The van der Waals surface area contributed by atoms with Gasteiger partial charge in [0.05, 0.1) is 12.1 Å². The first-order valence-electron chi connectivity index (χ1n) is 6.80. The first-order valence-corrected chi connectivity index (χ1v) is 6.80. The number of nitrogens with one attached hydrogen (secondary N) is 2. The molecule has 0 radical (unpaired) electrons. The summed E-state index contributed by atoms with van der Waals surface area (Å²) in [5, 5.41) is 16.0. The summed E-state index contributed by atoms with van der Waals surface area (Å²) in [6, 6.07) is 0.176. The molecule has 0 aromatic heterocycles. The summed E-state index contributed by atoms with van der Waals surface area (Å²) in [4.78, 5) is 11.7. The highest BCUT2D eigenvalue weighted by Crippen LogP contribution is 2.18. The lowest BCUT2D eigenvalue weighted by atomic mass is 9.96. The molecule has 0 aliphatic heterocycles. The lowest BCUT2D eigenvalue weighted by Gasteiger charge is -2.22. The lowest BCUT2D eigenvalue weighted by molar-refractivity contribution is -0.123. The maximum absolute atomic E-state index is 11.7. The van der Waals surface area contributed by atoms with Gasteiger partial charge in [-0.2, -0.15) is 0 Å². The van der Waals surface area contributed by atoms with Crippen molar-refractivity contribution in [2.75, 3.05) is 6.54 Å². The number of aliphatic hydroxyl groups excluding tert-OH is 1. The van der Waals surface area contributed by atoms with Crippen LogP contribution >= 0.6 is 0 Å². The van der Waals surface area contributed by atoms with Crippen LogP contribution in [0.25, 0.3) is 0 Å². The van der Waals surface area contributed by atoms with Gasteiger partial charge in [-0.3, -0.25) is 4.79 Å². The topological polar surface area (TPSA) is 61.4 Å². The molecular formula is C13H26N2O2. The molecule has 1 aliphatic rings. The van der Waals surface area contributed by atoms with Crippen LogP contribution in [0.4, 0.5) is 0 Å². The van der Waals surface area contributed by atoms with Gasteiger partial charge < -0.3 is 15.7 Å². The zero-order chi connectivity index (χ0) is 12.8. The molecule has 2 atom stereocenters. The predicted octanol–water partition coefficient (Wildman–Crippen LogP) is 1.04. The van der Waals surface area contributed by atoms with Gasteiger partial charge in [0.1, 0.15) is 0 Å². The monoisotopic (exact) mass is 242 g/mol. The Morgan fingerprint density at radius 1 is 1.35 bits per heavy atom. The Hall–Kier alpha value is -0.610. The fraction of sp³-hybridized carbons (Fsp3) is 0.923. The Bertz CT molecular complexity index is 238. The van der Waals surface area contributed by atoms with Crippen molar-refractivity contribution in [3.63, 3.8) is 0 Å². The van der Waals surface area contributed by atoms with E-state index < -0.39 is 0 Å². The molecule has 1 saturated carbocycles. The third-order valence-electron chi connectivity index (χ3n) is 3.54. The molecule has 0 aromatic carbocycles. The molecule has 1 amide bonds. The Balaban J connectivity index is 2.20. The molecule has 100 valence electrons. The minimum atomic E-state index is -0.360. The zero-order valence-corrected chi connectivity index (χ0v) is 11.2. The largest absolute Gasteiger partial charge is 0.392 e. The van der Waals surface area contributed by atoms with E-state index in [-0.39, 0.29) is 18.1 Å². The summed E-state index contributed by atoms with van der Waals surface area (Å²) in [7, 11) is 0. The van der Waals surface area contributed by atoms with Crippen LogP contribution in [0.1, 0.15) is 46.5 Å². The number of carbonyl (C=O) groups excluding carboxylic acids is 1. The normalized spacial score (nSPS) is 19.1. The van der Waals surface area contributed by atoms with Crippen LogP contribution in [0, 0.1) is 5.92 Å². The van der Waals surface area contributed by atoms with Crippen molar-refractivity contribution in [3.8, 4) is 0 Å². The highest BCUT2D eigenvalue weighted by Gasteiger charge is 2.26. The number of rotatable bonds is 8. The molecule has 1 aliphatic carbocycles. The Morgan fingerprint density at radius 2 is 1.94 bits per heavy atom. The summed E-state index contributed by atoms with van der Waals surface area (Å²) in [5.41, 5.74) is 0. The van der Waals surface area contributed by atoms with Crippen molar-refractivity contribution in [1.29, 1.82) is 0 Å². The smallest absolute Gasteiger partial charge is 0.237 e. The van der Waals surface area contributed by atoms with Crippen molar-refractivity contribution in [2.24, 2.45) is 5.92 Å². The van der Waals surface area contributed by atoms with E-state index in [1.54, 1.807) is 0 Å². The van der Waals surface area contributed by atoms with Gasteiger partial charge in [0.25, 0.3) is 0 Å². The van der Waals surface area contributed by atoms with Gasteiger partial charge in [-0.25, -0.2) is 0 Å². The summed E-state index contributed by atoms with van der Waals surface area (Å²) in [5.74, 6) is 0.366. The molecule has 0 spiro atoms. The molecule has 0 saturated heterocycles. The first kappa shape index (κ1) is 14.5. The highest BCUT2D eigenvalue weighted by atomic mass is 16.3. The molecule has 2 unspecified atom stereocenters. The van der Waals surface area contributed by atoms with E-state index in [2.05, 4.69) is 24.5 Å². The van der Waals surface area contributed by atoms with E-state index in [4.69, 9.17) is 0 Å². The molecule has 0 bridgehead atoms. The van der Waals surface area contributed by atoms with Crippen LogP contribution in [0.3, 0.4) is 0 Å². The molecule has 0 heterocycles. The molecule has 3 N–H and O–H groups in total. The van der Waals surface area contributed by atoms with Gasteiger partial charge in [-0.1, -0.05) is 26.7 Å². The van der Waals surface area contributed by atoms with Crippen LogP contribution < -0.4 is 10.6 Å². The van der Waals surface area contributed by atoms with Gasteiger partial charge in [0.15, 0.2) is 0 Å². The standard InChI is InChI=1S/C13H26N2O2/c1-4-10(5-2)12(16)8-14-9(3)13(17)15-11-6-7-11/h9-12,14,16H,4-8H2,1-3H3,(H,15,17). The van der Waals surface area contributed by atoms with Gasteiger partial charge in [-0.05, 0) is 25.7 Å². The highest BCUT2D eigenvalue weighted by molar-refractivity contribution is 5.81. The number of hydrogen-bond acceptors (Lipinski definition) is 3. The zero-order valence-electron chi connectivity index (χ0n) is 11.2. The molecule has 4 heteroatoms. The number of carbonyl (C=O) groups is 1. The van der Waals surface area contributed by atoms with Crippen LogP contribution in [0.5, 0.6) is 0 Å². The predicted molar refractivity (Wildman–Crippen MR) is 68.7 cm³/mol. The van der Waals surface area contributed by atoms with Crippen molar-refractivity contribution >= 4 is 5.91 Å². The molecule has 0 aromatic rings. The third kappa shape index (κ3) is 5.04. The molecule has 1 fully saturated rings. The van der Waals surface area contributed by atoms with E-state index >= 15 is 0 Å². The van der Waals surface area contributed by atoms with Crippen LogP contribution in [0.2, 0.25) is 0 Å². The van der Waals surface area contributed by atoms with Crippen molar-refractivity contribution in [1.82, 2.24) is 10.6 Å². The second kappa shape index (κ2) is 6.97. The first-order chi connectivity index (χ1) is 8.08. The average Bonchev–Trinajstić information content (AvgIpc) is 3.11. The minimum absolute atomic E-state index is 0.0456. The molecule has 1 rings (SSSR count). The van der Waals surface area contributed by atoms with Crippen molar-refractivity contribution in [3.05, 3.63) is 0 Å². The van der Waals surface area contributed by atoms with Crippen LogP contribution in [-0.4, -0.2) is 35.7 Å². The van der Waals surface area contributed by atoms with E-state index in [1.165, 1.54) is 0 Å². The van der Waals surface area contributed by atoms with Gasteiger partial charge in [-0.15, -0.1) is 0 Å². The SMILES string of the molecule is CCC(CC)C(O)CNC(C)C(=O)NC1CC1. The summed E-state index contributed by atoms with van der Waals surface area (Å²) in [6.45, 7) is 6.50. The van der Waals surface area contributed by atoms with E-state index in [9.17, 15) is 9.90 Å². The van der Waals surface area contributed by atoms with Crippen LogP contribution in [-0.2, 0) is 4.79 Å². The van der Waals surface area contributed by atoms with E-state index in [0.717, 1.165) is 25.7 Å². The van der Waals surface area contributed by atoms with Crippen LogP contribution in [0.15, 0.2) is 0 Å². The van der Waals surface area contributed by atoms with E-state index in [0.29, 0.717) is 18.5 Å². The third-order valence-corrected chi connectivity index (χ3v) is 3.54. The number of hydrogen-bond donors (Lipinski definition) is 3. The van der Waals surface area contributed by atoms with Gasteiger partial charge in [0, 0.05) is 12.6 Å². The Labute approximate surface area is 104 Å². The summed E-state index contributed by atoms with van der Waals surface area (Å²) < 4.78 is 0. The maximum atomic E-state index is 11.7. The average molecular weight is 242 g/mol. The van der Waals surface area contributed by atoms with Crippen molar-refractivity contribution in [2.45, 2.75) is 64.6 Å². The summed E-state index contributed by atoms with van der Waals surface area (Å²) in [6.07, 6.45) is 3.80. The maximum Gasteiger partial charge on any atom is 0.237 e. The number of amides is 1. The second-order valence-corrected chi connectivity index (χ2v) is 5.06. The second-order valence-electron chi connectivity index (χ2n) is 5.06.